The fourth-order valence-corrected chi connectivity index (χ4v) is 2.88. The van der Waals surface area contributed by atoms with E-state index in [0.29, 0.717) is 18.4 Å². The molecule has 0 spiro atoms. The van der Waals surface area contributed by atoms with E-state index in [1.807, 2.05) is 0 Å². The molecule has 0 radical (unpaired) electrons. The minimum Gasteiger partial charge on any atom is -0.481 e. The highest BCUT2D eigenvalue weighted by molar-refractivity contribution is 5.99. The number of hydrogen-bond donors (Lipinski definition) is 2. The first kappa shape index (κ1) is 13.4. The summed E-state index contributed by atoms with van der Waals surface area (Å²) in [5.41, 5.74) is 5.74. The molecule has 5 heteroatoms. The molecule has 1 fully saturated rings. The number of nitrogen functional groups attached to an aromatic ring is 1. The Labute approximate surface area is 111 Å². The number of hydrogen-bond acceptors (Lipinski definition) is 4. The quantitative estimate of drug-likeness (QED) is 0.642. The van der Waals surface area contributed by atoms with Crippen LogP contribution in [0.1, 0.15) is 41.6 Å². The summed E-state index contributed by atoms with van der Waals surface area (Å²) in [7, 11) is 1.26. The Balaban J connectivity index is 2.64. The first-order valence-electron chi connectivity index (χ1n) is 6.23. The molecule has 0 saturated heterocycles. The van der Waals surface area contributed by atoms with E-state index in [9.17, 15) is 14.7 Å². The molecule has 3 N–H and O–H groups in total. The molecule has 102 valence electrons. The molecule has 0 atom stereocenters. The number of anilines is 1. The zero-order valence-corrected chi connectivity index (χ0v) is 10.8. The lowest BCUT2D eigenvalue weighted by Crippen LogP contribution is -2.34. The van der Waals surface area contributed by atoms with E-state index in [4.69, 9.17) is 10.5 Å². The zero-order chi connectivity index (χ0) is 14.0. The number of rotatable bonds is 3. The molecule has 1 aromatic rings. The standard InChI is InChI=1S/C14H17NO4/c1-19-12(16)11-9(5-4-6-10(11)15)14(13(17)18)7-2-3-8-14/h4-6H,2-3,7-8,15H2,1H3,(H,17,18). The van der Waals surface area contributed by atoms with E-state index in [0.717, 1.165) is 12.8 Å². The van der Waals surface area contributed by atoms with E-state index in [1.54, 1.807) is 18.2 Å². The molecule has 0 aromatic heterocycles. The molecule has 19 heavy (non-hydrogen) atoms. The van der Waals surface area contributed by atoms with Crippen molar-refractivity contribution in [1.29, 1.82) is 0 Å². The van der Waals surface area contributed by atoms with E-state index >= 15 is 0 Å². The lowest BCUT2D eigenvalue weighted by atomic mass is 9.76. The van der Waals surface area contributed by atoms with Crippen LogP contribution in [0.15, 0.2) is 18.2 Å². The highest BCUT2D eigenvalue weighted by Gasteiger charge is 2.45. The average Bonchev–Trinajstić information content (AvgIpc) is 2.88. The van der Waals surface area contributed by atoms with Crippen LogP contribution in [0.2, 0.25) is 0 Å². The second kappa shape index (κ2) is 4.91. The number of aliphatic carboxylic acids is 1. The summed E-state index contributed by atoms with van der Waals surface area (Å²) in [6, 6.07) is 4.93. The normalized spacial score (nSPS) is 17.1. The highest BCUT2D eigenvalue weighted by atomic mass is 16.5. The number of carboxylic acid groups (broad SMARTS) is 1. The van der Waals surface area contributed by atoms with Gasteiger partial charge in [0, 0.05) is 5.69 Å². The fourth-order valence-electron chi connectivity index (χ4n) is 2.88. The maximum atomic E-state index is 11.9. The van der Waals surface area contributed by atoms with Crippen LogP contribution in [0, 0.1) is 0 Å². The number of nitrogens with two attached hydrogens (primary N) is 1. The molecule has 1 aromatic carbocycles. The van der Waals surface area contributed by atoms with E-state index in [1.165, 1.54) is 7.11 Å². The third-order valence-corrected chi connectivity index (χ3v) is 3.87. The third kappa shape index (κ3) is 2.05. The van der Waals surface area contributed by atoms with Gasteiger partial charge in [0.1, 0.15) is 0 Å². The Morgan fingerprint density at radius 2 is 1.95 bits per heavy atom. The van der Waals surface area contributed by atoms with Crippen molar-refractivity contribution in [2.75, 3.05) is 12.8 Å². The molecular formula is C14H17NO4. The lowest BCUT2D eigenvalue weighted by Gasteiger charge is -2.26. The summed E-state index contributed by atoms with van der Waals surface area (Å²) < 4.78 is 4.73. The Hall–Kier alpha value is -2.04. The highest BCUT2D eigenvalue weighted by Crippen LogP contribution is 2.43. The lowest BCUT2D eigenvalue weighted by molar-refractivity contribution is -0.143. The van der Waals surface area contributed by atoms with Crippen LogP contribution in [-0.2, 0) is 14.9 Å². The van der Waals surface area contributed by atoms with Crippen LogP contribution in [0.3, 0.4) is 0 Å². The van der Waals surface area contributed by atoms with E-state index in [-0.39, 0.29) is 11.3 Å². The number of carboxylic acids is 1. The predicted octanol–water partition coefficient (Wildman–Crippen LogP) is 1.95. The van der Waals surface area contributed by atoms with Crippen molar-refractivity contribution in [3.05, 3.63) is 29.3 Å². The molecule has 0 unspecified atom stereocenters. The maximum absolute atomic E-state index is 11.9. The van der Waals surface area contributed by atoms with Crippen molar-refractivity contribution in [2.24, 2.45) is 0 Å². The molecule has 1 saturated carbocycles. The number of esters is 1. The summed E-state index contributed by atoms with van der Waals surface area (Å²) in [5.74, 6) is -1.48. The van der Waals surface area contributed by atoms with Crippen molar-refractivity contribution >= 4 is 17.6 Å². The topological polar surface area (TPSA) is 89.6 Å². The second-order valence-corrected chi connectivity index (χ2v) is 4.86. The van der Waals surface area contributed by atoms with Gasteiger partial charge in [-0.2, -0.15) is 0 Å². The number of benzene rings is 1. The summed E-state index contributed by atoms with van der Waals surface area (Å²) in [6.07, 6.45) is 2.72. The van der Waals surface area contributed by atoms with Gasteiger partial charge in [0.15, 0.2) is 0 Å². The first-order chi connectivity index (χ1) is 9.03. The minimum absolute atomic E-state index is 0.189. The molecular weight excluding hydrogens is 246 g/mol. The van der Waals surface area contributed by atoms with Gasteiger partial charge in [0.25, 0.3) is 0 Å². The minimum atomic E-state index is -1.01. The summed E-state index contributed by atoms with van der Waals surface area (Å²) in [4.78, 5) is 23.6. The van der Waals surface area contributed by atoms with Crippen LogP contribution in [-0.4, -0.2) is 24.2 Å². The molecule has 0 amide bonds. The van der Waals surface area contributed by atoms with Crippen molar-refractivity contribution < 1.29 is 19.4 Å². The third-order valence-electron chi connectivity index (χ3n) is 3.87. The van der Waals surface area contributed by atoms with Crippen LogP contribution in [0.5, 0.6) is 0 Å². The number of carbonyl (C=O) groups excluding carboxylic acids is 1. The number of methoxy groups -OCH3 is 1. The SMILES string of the molecule is COC(=O)c1c(N)cccc1C1(C(=O)O)CCCC1. The largest absolute Gasteiger partial charge is 0.481 e. The van der Waals surface area contributed by atoms with Gasteiger partial charge in [0.2, 0.25) is 0 Å². The van der Waals surface area contributed by atoms with Crippen LogP contribution >= 0.6 is 0 Å². The van der Waals surface area contributed by atoms with Crippen LogP contribution in [0.25, 0.3) is 0 Å². The maximum Gasteiger partial charge on any atom is 0.340 e. The molecule has 1 aliphatic carbocycles. The first-order valence-corrected chi connectivity index (χ1v) is 6.23. The van der Waals surface area contributed by atoms with Gasteiger partial charge in [-0.1, -0.05) is 25.0 Å². The van der Waals surface area contributed by atoms with Gasteiger partial charge in [-0.05, 0) is 24.5 Å². The van der Waals surface area contributed by atoms with Crippen molar-refractivity contribution in [2.45, 2.75) is 31.1 Å². The van der Waals surface area contributed by atoms with Crippen LogP contribution in [0.4, 0.5) is 5.69 Å². The Bertz CT molecular complexity index is 518. The Kier molecular flexibility index (Phi) is 3.46. The van der Waals surface area contributed by atoms with Gasteiger partial charge in [-0.3, -0.25) is 4.79 Å². The van der Waals surface area contributed by atoms with Crippen molar-refractivity contribution in [1.82, 2.24) is 0 Å². The van der Waals surface area contributed by atoms with Gasteiger partial charge in [0.05, 0.1) is 18.1 Å². The molecule has 2 rings (SSSR count). The van der Waals surface area contributed by atoms with Gasteiger partial charge in [-0.15, -0.1) is 0 Å². The summed E-state index contributed by atoms with van der Waals surface area (Å²) in [5, 5.41) is 9.59. The monoisotopic (exact) mass is 263 g/mol. The second-order valence-electron chi connectivity index (χ2n) is 4.86. The van der Waals surface area contributed by atoms with Gasteiger partial charge < -0.3 is 15.6 Å². The molecule has 1 aliphatic rings. The predicted molar refractivity (Wildman–Crippen MR) is 70.0 cm³/mol. The zero-order valence-electron chi connectivity index (χ0n) is 10.8. The average molecular weight is 263 g/mol. The van der Waals surface area contributed by atoms with E-state index in [2.05, 4.69) is 0 Å². The summed E-state index contributed by atoms with van der Waals surface area (Å²) in [6.45, 7) is 0. The Morgan fingerprint density at radius 3 is 2.47 bits per heavy atom. The van der Waals surface area contributed by atoms with Crippen LogP contribution < -0.4 is 5.73 Å². The fraction of sp³-hybridized carbons (Fsp3) is 0.429. The molecule has 0 aliphatic heterocycles. The summed E-state index contributed by atoms with van der Waals surface area (Å²) >= 11 is 0. The van der Waals surface area contributed by atoms with E-state index < -0.39 is 17.4 Å². The van der Waals surface area contributed by atoms with Crippen molar-refractivity contribution in [3.8, 4) is 0 Å². The molecule has 0 heterocycles. The molecule has 5 nitrogen and oxygen atoms in total. The van der Waals surface area contributed by atoms with Gasteiger partial charge in [-0.25, -0.2) is 4.79 Å². The van der Waals surface area contributed by atoms with Crippen molar-refractivity contribution in [3.63, 3.8) is 0 Å². The number of ether oxygens (including phenoxy) is 1. The Morgan fingerprint density at radius 1 is 1.32 bits per heavy atom. The number of carbonyl (C=O) groups is 2. The molecule has 0 bridgehead atoms. The smallest absolute Gasteiger partial charge is 0.340 e. The van der Waals surface area contributed by atoms with Gasteiger partial charge >= 0.3 is 11.9 Å².